The average molecular weight is 458 g/mol. The summed E-state index contributed by atoms with van der Waals surface area (Å²) in [6.45, 7) is 7.28. The lowest BCUT2D eigenvalue weighted by Gasteiger charge is -2.36. The minimum absolute atomic E-state index is 0. The number of anilines is 1. The van der Waals surface area contributed by atoms with Gasteiger partial charge in [-0.1, -0.05) is 0 Å². The van der Waals surface area contributed by atoms with Gasteiger partial charge in [0.1, 0.15) is 22.2 Å². The van der Waals surface area contributed by atoms with Crippen LogP contribution in [0.5, 0.6) is 5.75 Å². The molecule has 0 unspecified atom stereocenters. The molecule has 1 amide bonds. The highest BCUT2D eigenvalue weighted by Crippen LogP contribution is 2.42. The van der Waals surface area contributed by atoms with E-state index in [-0.39, 0.29) is 18.3 Å². The van der Waals surface area contributed by atoms with Crippen LogP contribution in [0.1, 0.15) is 45.4 Å². The van der Waals surface area contributed by atoms with Gasteiger partial charge in [-0.05, 0) is 56.5 Å². The Labute approximate surface area is 192 Å². The van der Waals surface area contributed by atoms with E-state index in [1.165, 1.54) is 28.7 Å². The SMILES string of the molecule is COc1ccc(C(=O)N2CCN(c3nc(C4CC4)nc4sc(C)c(C)c34)CC2)cc1.[Cl-]. The number of aromatic nitrogens is 2. The number of thiophene rings is 1. The van der Waals surface area contributed by atoms with Crippen LogP contribution in [-0.4, -0.2) is 54.1 Å². The number of rotatable bonds is 4. The molecule has 0 spiro atoms. The Bertz CT molecular complexity index is 1100. The summed E-state index contributed by atoms with van der Waals surface area (Å²) in [4.78, 5) is 29.5. The minimum atomic E-state index is 0. The Morgan fingerprint density at radius 3 is 2.35 bits per heavy atom. The first kappa shape index (κ1) is 21.8. The van der Waals surface area contributed by atoms with E-state index in [9.17, 15) is 4.79 Å². The van der Waals surface area contributed by atoms with Crippen molar-refractivity contribution in [2.45, 2.75) is 32.6 Å². The topological polar surface area (TPSA) is 58.6 Å². The molecule has 1 saturated carbocycles. The zero-order valence-electron chi connectivity index (χ0n) is 18.0. The van der Waals surface area contributed by atoms with Crippen LogP contribution in [0.25, 0.3) is 10.2 Å². The number of halogens is 1. The largest absolute Gasteiger partial charge is 1.00 e. The monoisotopic (exact) mass is 457 g/mol. The highest BCUT2D eigenvalue weighted by molar-refractivity contribution is 7.18. The van der Waals surface area contributed by atoms with Gasteiger partial charge in [0.15, 0.2) is 0 Å². The highest BCUT2D eigenvalue weighted by atomic mass is 35.5. The molecule has 31 heavy (non-hydrogen) atoms. The number of carbonyl (C=O) groups excluding carboxylic acids is 1. The molecule has 0 radical (unpaired) electrons. The summed E-state index contributed by atoms with van der Waals surface area (Å²) in [7, 11) is 1.63. The van der Waals surface area contributed by atoms with Gasteiger partial charge >= 0.3 is 0 Å². The predicted molar refractivity (Wildman–Crippen MR) is 120 cm³/mol. The van der Waals surface area contributed by atoms with Gasteiger partial charge in [0.05, 0.1) is 12.5 Å². The van der Waals surface area contributed by atoms with Crippen molar-refractivity contribution in [2.75, 3.05) is 38.2 Å². The predicted octanol–water partition coefficient (Wildman–Crippen LogP) is 1.16. The fourth-order valence-corrected chi connectivity index (χ4v) is 5.07. The molecule has 2 aliphatic rings. The number of hydrogen-bond acceptors (Lipinski definition) is 6. The summed E-state index contributed by atoms with van der Waals surface area (Å²) < 4.78 is 5.19. The number of benzene rings is 1. The van der Waals surface area contributed by atoms with Crippen LogP contribution in [0.3, 0.4) is 0 Å². The molecule has 164 valence electrons. The average Bonchev–Trinajstić information content (AvgIpc) is 3.59. The summed E-state index contributed by atoms with van der Waals surface area (Å²) >= 11 is 1.77. The van der Waals surface area contributed by atoms with E-state index in [2.05, 4.69) is 18.7 Å². The first-order chi connectivity index (χ1) is 14.5. The lowest BCUT2D eigenvalue weighted by Crippen LogP contribution is -3.00. The molecule has 3 aromatic rings. The van der Waals surface area contributed by atoms with Gasteiger partial charge in [0.25, 0.3) is 5.91 Å². The number of carbonyl (C=O) groups is 1. The van der Waals surface area contributed by atoms with Gasteiger partial charge in [0, 0.05) is 42.5 Å². The maximum absolute atomic E-state index is 12.9. The smallest absolute Gasteiger partial charge is 0.253 e. The Hall–Kier alpha value is -2.38. The molecule has 6 nitrogen and oxygen atoms in total. The summed E-state index contributed by atoms with van der Waals surface area (Å²) in [5.74, 6) is 3.41. The number of amides is 1. The second-order valence-electron chi connectivity index (χ2n) is 8.15. The van der Waals surface area contributed by atoms with E-state index in [1.807, 2.05) is 29.2 Å². The van der Waals surface area contributed by atoms with E-state index >= 15 is 0 Å². The molecule has 0 N–H and O–H groups in total. The molecule has 0 atom stereocenters. The van der Waals surface area contributed by atoms with Crippen LogP contribution in [0.4, 0.5) is 5.82 Å². The zero-order valence-corrected chi connectivity index (χ0v) is 19.6. The van der Waals surface area contributed by atoms with Crippen molar-refractivity contribution >= 4 is 33.3 Å². The van der Waals surface area contributed by atoms with Crippen molar-refractivity contribution in [2.24, 2.45) is 0 Å². The molecular weight excluding hydrogens is 432 g/mol. The van der Waals surface area contributed by atoms with Crippen molar-refractivity contribution in [3.8, 4) is 5.75 Å². The number of fused-ring (bicyclic) bond motifs is 1. The first-order valence-electron chi connectivity index (χ1n) is 10.5. The lowest BCUT2D eigenvalue weighted by atomic mass is 10.1. The van der Waals surface area contributed by atoms with Gasteiger partial charge in [-0.15, -0.1) is 11.3 Å². The van der Waals surface area contributed by atoms with Crippen molar-refractivity contribution in [3.63, 3.8) is 0 Å². The second-order valence-corrected chi connectivity index (χ2v) is 9.35. The van der Waals surface area contributed by atoms with Gasteiger partial charge in [-0.3, -0.25) is 4.79 Å². The summed E-state index contributed by atoms with van der Waals surface area (Å²) in [5.41, 5.74) is 1.98. The van der Waals surface area contributed by atoms with Gasteiger partial charge in [0.2, 0.25) is 0 Å². The van der Waals surface area contributed by atoms with Crippen LogP contribution in [-0.2, 0) is 0 Å². The van der Waals surface area contributed by atoms with Crippen LogP contribution in [0.15, 0.2) is 24.3 Å². The molecule has 1 saturated heterocycles. The van der Waals surface area contributed by atoms with Crippen LogP contribution >= 0.6 is 11.3 Å². The molecular formula is C23H26ClN4O2S-. The maximum atomic E-state index is 12.9. The van der Waals surface area contributed by atoms with Crippen LogP contribution < -0.4 is 22.0 Å². The Morgan fingerprint density at radius 2 is 1.74 bits per heavy atom. The molecule has 5 rings (SSSR count). The Morgan fingerprint density at radius 1 is 1.06 bits per heavy atom. The molecule has 2 aromatic heterocycles. The number of nitrogens with zero attached hydrogens (tertiary/aromatic N) is 4. The van der Waals surface area contributed by atoms with E-state index in [4.69, 9.17) is 14.7 Å². The van der Waals surface area contributed by atoms with Crippen molar-refractivity contribution in [1.29, 1.82) is 0 Å². The summed E-state index contributed by atoms with van der Waals surface area (Å²) in [6, 6.07) is 7.34. The highest BCUT2D eigenvalue weighted by Gasteiger charge is 2.31. The third-order valence-corrected chi connectivity index (χ3v) is 7.27. The van der Waals surface area contributed by atoms with Gasteiger partial charge in [-0.2, -0.15) is 0 Å². The fourth-order valence-electron chi connectivity index (χ4n) is 4.03. The van der Waals surface area contributed by atoms with E-state index < -0.39 is 0 Å². The number of aryl methyl sites for hydroxylation is 2. The minimum Gasteiger partial charge on any atom is -1.00 e. The molecule has 3 heterocycles. The quantitative estimate of drug-likeness (QED) is 0.588. The molecule has 0 bridgehead atoms. The van der Waals surface area contributed by atoms with E-state index in [0.29, 0.717) is 24.6 Å². The Kier molecular flexibility index (Phi) is 6.08. The van der Waals surface area contributed by atoms with Gasteiger partial charge in [-0.25, -0.2) is 9.97 Å². The van der Waals surface area contributed by atoms with Crippen LogP contribution in [0, 0.1) is 13.8 Å². The lowest BCUT2D eigenvalue weighted by molar-refractivity contribution is -0.0000163. The van der Waals surface area contributed by atoms with Crippen molar-refractivity contribution in [1.82, 2.24) is 14.9 Å². The molecule has 8 heteroatoms. The normalized spacial score (nSPS) is 16.4. The van der Waals surface area contributed by atoms with Crippen LogP contribution in [0.2, 0.25) is 0 Å². The van der Waals surface area contributed by atoms with Crippen molar-refractivity contribution in [3.05, 3.63) is 46.1 Å². The second kappa shape index (κ2) is 8.63. The number of methoxy groups -OCH3 is 1. The van der Waals surface area contributed by atoms with Crippen molar-refractivity contribution < 1.29 is 21.9 Å². The number of piperazine rings is 1. The molecule has 2 fully saturated rings. The third-order valence-electron chi connectivity index (χ3n) is 6.17. The fraction of sp³-hybridized carbons (Fsp3) is 0.435. The van der Waals surface area contributed by atoms with E-state index in [1.54, 1.807) is 18.4 Å². The first-order valence-corrected chi connectivity index (χ1v) is 11.3. The summed E-state index contributed by atoms with van der Waals surface area (Å²) in [6.07, 6.45) is 2.39. The zero-order chi connectivity index (χ0) is 20.8. The maximum Gasteiger partial charge on any atom is 0.253 e. The third kappa shape index (κ3) is 4.08. The molecule has 1 aliphatic carbocycles. The molecule has 1 aromatic carbocycles. The standard InChI is InChI=1S/C23H26N4O2S.ClH/c1-14-15(2)30-22-19(14)21(24-20(25-22)16-4-5-16)26-10-12-27(13-11-26)23(28)17-6-8-18(29-3)9-7-17;/h6-9,16H,4-5,10-13H2,1-3H3;1H/p-1. The number of ether oxygens (including phenoxy) is 1. The Balaban J connectivity index is 0.00000231. The molecule has 1 aliphatic heterocycles. The summed E-state index contributed by atoms with van der Waals surface area (Å²) in [5, 5.41) is 1.19. The van der Waals surface area contributed by atoms with Gasteiger partial charge < -0.3 is 26.9 Å². The number of hydrogen-bond donors (Lipinski definition) is 0. The van der Waals surface area contributed by atoms with E-state index in [0.717, 1.165) is 35.3 Å².